The molecule has 0 aliphatic carbocycles. The predicted molar refractivity (Wildman–Crippen MR) is 154 cm³/mol. The second-order valence-electron chi connectivity index (χ2n) is 10.9. The minimum Gasteiger partial charge on any atom is -0.461 e. The number of ether oxygens (including phenoxy) is 3. The van der Waals surface area contributed by atoms with Gasteiger partial charge in [-0.1, -0.05) is 13.8 Å². The van der Waals surface area contributed by atoms with E-state index in [1.807, 2.05) is 13.8 Å². The van der Waals surface area contributed by atoms with E-state index in [1.165, 1.54) is 41.3 Å². The SMILES string of the molecule is CC(C)OC(=O)C(C(=O)OC(C)C)N(CCN(c1ccc(F)cc1)C(C(=O)OC(C)C)C(C)C)c1ccc(F)cc1. The van der Waals surface area contributed by atoms with Crippen LogP contribution in [0.4, 0.5) is 20.2 Å². The Bertz CT molecular complexity index is 1110. The monoisotopic (exact) mass is 576 g/mol. The van der Waals surface area contributed by atoms with Crippen molar-refractivity contribution in [3.05, 3.63) is 60.2 Å². The normalized spacial score (nSPS) is 12.2. The lowest BCUT2D eigenvalue weighted by Crippen LogP contribution is -2.54. The first-order chi connectivity index (χ1) is 19.2. The van der Waals surface area contributed by atoms with Crippen molar-refractivity contribution < 1.29 is 37.4 Å². The average Bonchev–Trinajstić information content (AvgIpc) is 2.85. The Balaban J connectivity index is 2.62. The van der Waals surface area contributed by atoms with Crippen LogP contribution in [0, 0.1) is 17.6 Å². The smallest absolute Gasteiger partial charge is 0.340 e. The molecule has 10 heteroatoms. The van der Waals surface area contributed by atoms with Crippen molar-refractivity contribution in [2.75, 3.05) is 22.9 Å². The van der Waals surface area contributed by atoms with Crippen molar-refractivity contribution in [3.8, 4) is 0 Å². The number of anilines is 2. The molecule has 2 aromatic carbocycles. The Labute approximate surface area is 241 Å². The number of carbonyl (C=O) groups is 3. The first-order valence-electron chi connectivity index (χ1n) is 13.9. The molecule has 1 atom stereocenters. The molecule has 1 unspecified atom stereocenters. The van der Waals surface area contributed by atoms with Crippen molar-refractivity contribution in [2.24, 2.45) is 5.92 Å². The molecule has 41 heavy (non-hydrogen) atoms. The molecule has 0 bridgehead atoms. The highest BCUT2D eigenvalue weighted by atomic mass is 19.1. The number of halogens is 2. The summed E-state index contributed by atoms with van der Waals surface area (Å²) in [4.78, 5) is 43.1. The highest BCUT2D eigenvalue weighted by Gasteiger charge is 2.39. The van der Waals surface area contributed by atoms with E-state index in [2.05, 4.69) is 0 Å². The van der Waals surface area contributed by atoms with Gasteiger partial charge in [-0.3, -0.25) is 0 Å². The summed E-state index contributed by atoms with van der Waals surface area (Å²) in [6, 6.07) is 8.71. The third kappa shape index (κ3) is 10.0. The van der Waals surface area contributed by atoms with Gasteiger partial charge in [0.2, 0.25) is 6.04 Å². The summed E-state index contributed by atoms with van der Waals surface area (Å²) in [7, 11) is 0. The molecule has 0 fully saturated rings. The lowest BCUT2D eigenvalue weighted by atomic mass is 10.0. The number of benzene rings is 2. The molecule has 0 spiro atoms. The van der Waals surface area contributed by atoms with Gasteiger partial charge >= 0.3 is 17.9 Å². The van der Waals surface area contributed by atoms with Gasteiger partial charge in [-0.2, -0.15) is 0 Å². The largest absolute Gasteiger partial charge is 0.461 e. The van der Waals surface area contributed by atoms with Gasteiger partial charge in [-0.25, -0.2) is 23.2 Å². The molecule has 226 valence electrons. The van der Waals surface area contributed by atoms with E-state index in [0.717, 1.165) is 0 Å². The fourth-order valence-electron chi connectivity index (χ4n) is 4.32. The van der Waals surface area contributed by atoms with E-state index in [9.17, 15) is 23.2 Å². The maximum atomic E-state index is 13.9. The maximum Gasteiger partial charge on any atom is 0.340 e. The van der Waals surface area contributed by atoms with Crippen molar-refractivity contribution in [2.45, 2.75) is 85.8 Å². The van der Waals surface area contributed by atoms with Crippen LogP contribution in [0.25, 0.3) is 0 Å². The topological polar surface area (TPSA) is 85.4 Å². The Hall–Kier alpha value is -3.69. The number of rotatable bonds is 14. The summed E-state index contributed by atoms with van der Waals surface area (Å²) in [6.45, 7) is 14.0. The lowest BCUT2D eigenvalue weighted by Gasteiger charge is -2.38. The van der Waals surface area contributed by atoms with Gasteiger partial charge in [0.05, 0.1) is 18.3 Å². The van der Waals surface area contributed by atoms with E-state index < -0.39 is 53.8 Å². The summed E-state index contributed by atoms with van der Waals surface area (Å²) >= 11 is 0. The molecule has 2 rings (SSSR count). The summed E-state index contributed by atoms with van der Waals surface area (Å²) in [5, 5.41) is 0. The number of esters is 3. The van der Waals surface area contributed by atoms with Crippen molar-refractivity contribution >= 4 is 29.3 Å². The fraction of sp³-hybridized carbons (Fsp3) is 0.516. The highest BCUT2D eigenvalue weighted by Crippen LogP contribution is 2.26. The first kappa shape index (κ1) is 33.5. The van der Waals surface area contributed by atoms with Crippen LogP contribution in [0.3, 0.4) is 0 Å². The lowest BCUT2D eigenvalue weighted by molar-refractivity contribution is -0.161. The van der Waals surface area contributed by atoms with Gasteiger partial charge in [-0.05, 0) is 96.0 Å². The molecule has 0 aromatic heterocycles. The van der Waals surface area contributed by atoms with Gasteiger partial charge in [-0.15, -0.1) is 0 Å². The van der Waals surface area contributed by atoms with E-state index in [0.29, 0.717) is 11.4 Å². The van der Waals surface area contributed by atoms with E-state index in [-0.39, 0.29) is 25.1 Å². The van der Waals surface area contributed by atoms with Crippen LogP contribution in [0.15, 0.2) is 48.5 Å². The van der Waals surface area contributed by atoms with Crippen LogP contribution in [0.2, 0.25) is 0 Å². The molecule has 0 aliphatic heterocycles. The van der Waals surface area contributed by atoms with Crippen LogP contribution >= 0.6 is 0 Å². The molecule has 0 aliphatic rings. The minimum atomic E-state index is -1.51. The third-order valence-electron chi connectivity index (χ3n) is 5.92. The summed E-state index contributed by atoms with van der Waals surface area (Å²) < 4.78 is 44.1. The molecule has 0 N–H and O–H groups in total. The number of carbonyl (C=O) groups excluding carboxylic acids is 3. The maximum absolute atomic E-state index is 13.9. The molecular formula is C31H42F2N2O6. The van der Waals surface area contributed by atoms with Crippen LogP contribution in [0.5, 0.6) is 0 Å². The van der Waals surface area contributed by atoms with Gasteiger partial charge in [0.15, 0.2) is 0 Å². The van der Waals surface area contributed by atoms with E-state index in [4.69, 9.17) is 14.2 Å². The summed E-state index contributed by atoms with van der Waals surface area (Å²) in [6.07, 6.45) is -1.40. The molecule has 0 radical (unpaired) electrons. The van der Waals surface area contributed by atoms with Gasteiger partial charge in [0.1, 0.15) is 17.7 Å². The average molecular weight is 577 g/mol. The Morgan fingerprint density at radius 3 is 1.29 bits per heavy atom. The zero-order valence-electron chi connectivity index (χ0n) is 25.1. The Kier molecular flexibility index (Phi) is 12.5. The second-order valence-corrected chi connectivity index (χ2v) is 10.9. The fourth-order valence-corrected chi connectivity index (χ4v) is 4.32. The predicted octanol–water partition coefficient (Wildman–Crippen LogP) is 5.53. The zero-order valence-corrected chi connectivity index (χ0v) is 25.1. The quantitative estimate of drug-likeness (QED) is 0.165. The molecule has 8 nitrogen and oxygen atoms in total. The van der Waals surface area contributed by atoms with Crippen LogP contribution in [-0.2, 0) is 28.6 Å². The zero-order chi connectivity index (χ0) is 30.9. The number of nitrogens with zero attached hydrogens (tertiary/aromatic N) is 2. The van der Waals surface area contributed by atoms with Crippen LogP contribution in [0.1, 0.15) is 55.4 Å². The van der Waals surface area contributed by atoms with Gasteiger partial charge < -0.3 is 24.0 Å². The Morgan fingerprint density at radius 2 is 0.927 bits per heavy atom. The highest BCUT2D eigenvalue weighted by molar-refractivity contribution is 6.02. The van der Waals surface area contributed by atoms with Crippen molar-refractivity contribution in [3.63, 3.8) is 0 Å². The molecule has 0 saturated heterocycles. The molecule has 0 amide bonds. The third-order valence-corrected chi connectivity index (χ3v) is 5.92. The van der Waals surface area contributed by atoms with Gasteiger partial charge in [0.25, 0.3) is 0 Å². The first-order valence-corrected chi connectivity index (χ1v) is 13.9. The standard InChI is InChI=1S/C31H42F2N2O6/c1-19(2)27(29(36)39-20(3)4)34(25-13-9-23(32)10-14-25)17-18-35(26-15-11-24(33)12-16-26)28(30(37)40-21(5)6)31(38)41-22(7)8/h9-16,19-22,27-28H,17-18H2,1-8H3. The number of hydrogen-bond acceptors (Lipinski definition) is 8. The van der Waals surface area contributed by atoms with E-state index in [1.54, 1.807) is 58.6 Å². The Morgan fingerprint density at radius 1 is 0.585 bits per heavy atom. The molecule has 2 aromatic rings. The molecular weight excluding hydrogens is 534 g/mol. The van der Waals surface area contributed by atoms with Crippen LogP contribution in [-0.4, -0.2) is 61.4 Å². The summed E-state index contributed by atoms with van der Waals surface area (Å²) in [5.41, 5.74) is 0.902. The van der Waals surface area contributed by atoms with Crippen molar-refractivity contribution in [1.82, 2.24) is 0 Å². The van der Waals surface area contributed by atoms with Gasteiger partial charge in [0, 0.05) is 24.5 Å². The minimum absolute atomic E-state index is 0.00619. The van der Waals surface area contributed by atoms with E-state index >= 15 is 0 Å². The molecule has 0 heterocycles. The molecule has 0 saturated carbocycles. The summed E-state index contributed by atoms with van der Waals surface area (Å²) in [5.74, 6) is -3.30. The number of hydrogen-bond donors (Lipinski definition) is 0. The van der Waals surface area contributed by atoms with Crippen LogP contribution < -0.4 is 9.80 Å². The second kappa shape index (κ2) is 15.3. The van der Waals surface area contributed by atoms with Crippen molar-refractivity contribution in [1.29, 1.82) is 0 Å².